The van der Waals surface area contributed by atoms with E-state index in [4.69, 9.17) is 4.42 Å². The molecule has 1 fully saturated rings. The van der Waals surface area contributed by atoms with E-state index in [0.717, 1.165) is 24.2 Å². The Kier molecular flexibility index (Phi) is 7.82. The Morgan fingerprint density at radius 2 is 1.77 bits per heavy atom. The van der Waals surface area contributed by atoms with Crippen molar-refractivity contribution in [3.8, 4) is 0 Å². The fourth-order valence-electron chi connectivity index (χ4n) is 3.94. The van der Waals surface area contributed by atoms with Crippen LogP contribution >= 0.6 is 11.8 Å². The molecular formula is C25H27N3O5S2. The molecule has 1 aliphatic rings. The topological polar surface area (TPSA) is 109 Å². The van der Waals surface area contributed by atoms with Gasteiger partial charge >= 0.3 is 0 Å². The normalized spacial score (nSPS) is 13.9. The van der Waals surface area contributed by atoms with E-state index in [1.165, 1.54) is 42.3 Å². The van der Waals surface area contributed by atoms with E-state index in [1.807, 2.05) is 6.26 Å². The highest BCUT2D eigenvalue weighted by atomic mass is 32.2. The third-order valence-corrected chi connectivity index (χ3v) is 7.93. The Bertz CT molecular complexity index is 1300. The predicted octanol–water partition coefficient (Wildman–Crippen LogP) is 4.36. The molecule has 0 bridgehead atoms. The highest BCUT2D eigenvalue weighted by Crippen LogP contribution is 2.28. The van der Waals surface area contributed by atoms with E-state index in [2.05, 4.69) is 10.0 Å². The zero-order valence-electron chi connectivity index (χ0n) is 19.3. The SMILES string of the molecule is CSc1ccc(S(=O)(=O)Nc2ccccc2C(=O)NCc2ccco2)cc1C(=O)N1CCCCC1. The molecule has 2 N–H and O–H groups in total. The van der Waals surface area contributed by atoms with Gasteiger partial charge in [0.25, 0.3) is 21.8 Å². The molecule has 0 atom stereocenters. The number of likely N-dealkylation sites (tertiary alicyclic amines) is 1. The van der Waals surface area contributed by atoms with Crippen molar-refractivity contribution >= 4 is 39.3 Å². The summed E-state index contributed by atoms with van der Waals surface area (Å²) < 4.78 is 34.3. The molecular weight excluding hydrogens is 486 g/mol. The second kappa shape index (κ2) is 11.0. The van der Waals surface area contributed by atoms with Crippen molar-refractivity contribution in [2.45, 2.75) is 35.6 Å². The van der Waals surface area contributed by atoms with E-state index in [1.54, 1.807) is 35.2 Å². The molecule has 10 heteroatoms. The van der Waals surface area contributed by atoms with E-state index >= 15 is 0 Å². The van der Waals surface area contributed by atoms with Gasteiger partial charge in [-0.3, -0.25) is 14.3 Å². The van der Waals surface area contributed by atoms with Crippen molar-refractivity contribution in [3.05, 3.63) is 77.7 Å². The monoisotopic (exact) mass is 513 g/mol. The van der Waals surface area contributed by atoms with Crippen LogP contribution in [0.25, 0.3) is 0 Å². The number of anilines is 1. The molecule has 2 heterocycles. The lowest BCUT2D eigenvalue weighted by atomic mass is 10.1. The van der Waals surface area contributed by atoms with E-state index in [-0.39, 0.29) is 28.6 Å². The van der Waals surface area contributed by atoms with Crippen molar-refractivity contribution < 1.29 is 22.4 Å². The van der Waals surface area contributed by atoms with Gasteiger partial charge < -0.3 is 14.6 Å². The van der Waals surface area contributed by atoms with Crippen LogP contribution < -0.4 is 10.0 Å². The minimum atomic E-state index is -4.07. The van der Waals surface area contributed by atoms with Gasteiger partial charge in [0.2, 0.25) is 0 Å². The van der Waals surface area contributed by atoms with Crippen LogP contribution in [0.3, 0.4) is 0 Å². The second-order valence-corrected chi connectivity index (χ2v) is 10.7. The van der Waals surface area contributed by atoms with Gasteiger partial charge in [-0.05, 0) is 68.0 Å². The molecule has 184 valence electrons. The predicted molar refractivity (Wildman–Crippen MR) is 135 cm³/mol. The molecule has 2 aromatic carbocycles. The average molecular weight is 514 g/mol. The molecule has 8 nitrogen and oxygen atoms in total. The first kappa shape index (κ1) is 24.9. The summed E-state index contributed by atoms with van der Waals surface area (Å²) in [5.41, 5.74) is 0.682. The second-order valence-electron chi connectivity index (χ2n) is 8.13. The number of sulfonamides is 1. The van der Waals surface area contributed by atoms with Crippen LogP contribution in [-0.4, -0.2) is 44.5 Å². The molecule has 1 saturated heterocycles. The Hall–Kier alpha value is -3.24. The number of thioether (sulfide) groups is 1. The van der Waals surface area contributed by atoms with Crippen LogP contribution in [0.2, 0.25) is 0 Å². The maximum absolute atomic E-state index is 13.3. The fraction of sp³-hybridized carbons (Fsp3) is 0.280. The average Bonchev–Trinajstić information content (AvgIpc) is 3.41. The van der Waals surface area contributed by atoms with Gasteiger partial charge in [-0.2, -0.15) is 0 Å². The van der Waals surface area contributed by atoms with Gasteiger partial charge in [0.1, 0.15) is 5.76 Å². The number of nitrogens with zero attached hydrogens (tertiary/aromatic N) is 1. The summed E-state index contributed by atoms with van der Waals surface area (Å²) in [6.45, 7) is 1.51. The highest BCUT2D eigenvalue weighted by Gasteiger charge is 2.25. The first-order valence-corrected chi connectivity index (χ1v) is 14.0. The molecule has 4 rings (SSSR count). The van der Waals surface area contributed by atoms with Gasteiger partial charge in [-0.1, -0.05) is 12.1 Å². The summed E-state index contributed by atoms with van der Waals surface area (Å²) in [7, 11) is -4.07. The molecule has 1 aliphatic heterocycles. The molecule has 2 amide bonds. The lowest BCUT2D eigenvalue weighted by Gasteiger charge is -2.27. The van der Waals surface area contributed by atoms with E-state index in [0.29, 0.717) is 24.4 Å². The van der Waals surface area contributed by atoms with Gasteiger partial charge in [-0.15, -0.1) is 11.8 Å². The Labute approximate surface area is 209 Å². The number of rotatable bonds is 8. The van der Waals surface area contributed by atoms with Crippen LogP contribution in [0.4, 0.5) is 5.69 Å². The number of amides is 2. The van der Waals surface area contributed by atoms with E-state index < -0.39 is 15.9 Å². The summed E-state index contributed by atoms with van der Waals surface area (Å²) in [6, 6.07) is 14.4. The molecule has 3 aromatic rings. The van der Waals surface area contributed by atoms with Crippen LogP contribution in [0.15, 0.2) is 75.1 Å². The summed E-state index contributed by atoms with van der Waals surface area (Å²) in [4.78, 5) is 28.4. The molecule has 35 heavy (non-hydrogen) atoms. The van der Waals surface area contributed by atoms with Crippen LogP contribution in [0.1, 0.15) is 45.7 Å². The molecule has 0 radical (unpaired) electrons. The van der Waals surface area contributed by atoms with Crippen LogP contribution in [0, 0.1) is 0 Å². The minimum absolute atomic E-state index is 0.0403. The van der Waals surface area contributed by atoms with Crippen molar-refractivity contribution in [2.75, 3.05) is 24.1 Å². The number of carbonyl (C=O) groups is 2. The quantitative estimate of drug-likeness (QED) is 0.433. The van der Waals surface area contributed by atoms with Crippen molar-refractivity contribution in [2.24, 2.45) is 0 Å². The Morgan fingerprint density at radius 3 is 2.49 bits per heavy atom. The Morgan fingerprint density at radius 1 is 1.00 bits per heavy atom. The molecule has 1 aromatic heterocycles. The number of benzene rings is 2. The first-order chi connectivity index (χ1) is 16.9. The fourth-order valence-corrected chi connectivity index (χ4v) is 5.61. The number of carbonyl (C=O) groups excluding carboxylic acids is 2. The molecule has 0 spiro atoms. The number of nitrogens with one attached hydrogen (secondary N) is 2. The third-order valence-electron chi connectivity index (χ3n) is 5.77. The Balaban J connectivity index is 1.57. The number of piperidine rings is 1. The van der Waals surface area contributed by atoms with Gasteiger partial charge in [0, 0.05) is 18.0 Å². The summed E-state index contributed by atoms with van der Waals surface area (Å²) >= 11 is 1.40. The largest absolute Gasteiger partial charge is 0.467 e. The summed E-state index contributed by atoms with van der Waals surface area (Å²) in [6.07, 6.45) is 6.34. The van der Waals surface area contributed by atoms with Gasteiger partial charge in [0.15, 0.2) is 0 Å². The number of hydrogen-bond donors (Lipinski definition) is 2. The summed E-state index contributed by atoms with van der Waals surface area (Å²) in [5.74, 6) is -0.0293. The molecule has 0 unspecified atom stereocenters. The molecule has 0 saturated carbocycles. The lowest BCUT2D eigenvalue weighted by Crippen LogP contribution is -2.36. The highest BCUT2D eigenvalue weighted by molar-refractivity contribution is 7.98. The zero-order chi connectivity index (χ0) is 24.8. The first-order valence-electron chi connectivity index (χ1n) is 11.3. The third kappa shape index (κ3) is 5.88. The number of hydrogen-bond acceptors (Lipinski definition) is 6. The summed E-state index contributed by atoms with van der Waals surface area (Å²) in [5, 5.41) is 2.72. The van der Waals surface area contributed by atoms with Crippen LogP contribution in [0.5, 0.6) is 0 Å². The van der Waals surface area contributed by atoms with Crippen molar-refractivity contribution in [3.63, 3.8) is 0 Å². The van der Waals surface area contributed by atoms with Gasteiger partial charge in [-0.25, -0.2) is 8.42 Å². The maximum atomic E-state index is 13.3. The lowest BCUT2D eigenvalue weighted by molar-refractivity contribution is 0.0720. The zero-order valence-corrected chi connectivity index (χ0v) is 21.0. The van der Waals surface area contributed by atoms with Crippen LogP contribution in [-0.2, 0) is 16.6 Å². The minimum Gasteiger partial charge on any atom is -0.467 e. The molecule has 0 aliphatic carbocycles. The maximum Gasteiger partial charge on any atom is 0.261 e. The van der Waals surface area contributed by atoms with Gasteiger partial charge in [0.05, 0.1) is 34.5 Å². The van der Waals surface area contributed by atoms with E-state index in [9.17, 15) is 18.0 Å². The standard InChI is InChI=1S/C25H27N3O5S2/c1-34-23-12-11-19(16-21(23)25(30)28-13-5-2-6-14-28)35(31,32)27-22-10-4-3-9-20(22)24(29)26-17-18-8-7-15-33-18/h3-4,7-12,15-16,27H,2,5-6,13-14,17H2,1H3,(H,26,29). The smallest absolute Gasteiger partial charge is 0.261 e. The number of furan rings is 1. The van der Waals surface area contributed by atoms with Crippen molar-refractivity contribution in [1.82, 2.24) is 10.2 Å². The number of para-hydroxylation sites is 1. The van der Waals surface area contributed by atoms with Crippen molar-refractivity contribution in [1.29, 1.82) is 0 Å².